The molecule has 0 heterocycles. The van der Waals surface area contributed by atoms with Gasteiger partial charge in [-0.25, -0.2) is 0 Å². The molecule has 0 fully saturated rings. The van der Waals surface area contributed by atoms with Crippen molar-refractivity contribution in [1.29, 1.82) is 0 Å². The van der Waals surface area contributed by atoms with Crippen molar-refractivity contribution in [2.24, 2.45) is 0 Å². The average Bonchev–Trinajstić information content (AvgIpc) is 3.34. The zero-order chi connectivity index (χ0) is 26.0. The Morgan fingerprint density at radius 2 is 0.833 bits per heavy atom. The molecule has 0 spiro atoms. The van der Waals surface area contributed by atoms with Crippen LogP contribution in [-0.4, -0.2) is 21.6 Å². The molecule has 0 aromatic heterocycles. The predicted molar refractivity (Wildman–Crippen MR) is 161 cm³/mol. The molecule has 0 atom stereocenters. The maximum atomic E-state index is 2.41. The summed E-state index contributed by atoms with van der Waals surface area (Å²) in [5, 5.41) is 8.96. The van der Waals surface area contributed by atoms with Crippen LogP contribution in [0.4, 0.5) is 0 Å². The smallest absolute Gasteiger partial charge is 0.0564 e. The molecular formula is C30H44Cl2Si3Zr-2. The summed E-state index contributed by atoms with van der Waals surface area (Å²) in [5.74, 6) is 0. The van der Waals surface area contributed by atoms with Gasteiger partial charge < -0.3 is 24.8 Å². The Morgan fingerprint density at radius 1 is 0.583 bits per heavy atom. The molecule has 0 N–H and O–H groups in total. The molecule has 0 aliphatic rings. The van der Waals surface area contributed by atoms with Gasteiger partial charge in [0, 0.05) is 0 Å². The summed E-state index contributed by atoms with van der Waals surface area (Å²) in [6.45, 7) is 27.9. The molecule has 0 radical (unpaired) electrons. The Kier molecular flexibility index (Phi) is 14.2. The van der Waals surface area contributed by atoms with Crippen molar-refractivity contribution in [3.63, 3.8) is 0 Å². The standard InChI is InChI=1S/2C14H19Si.C2H6Si.2ClH.Zr/c2*1-10-6-7-11(2)14-9-12(8-13(10)14)15(3,4)5;1-3-2;;;/h2*6-9H,1-5H3;1-2H3;2*1H;/q2*-1;;;;+2/p-2. The van der Waals surface area contributed by atoms with E-state index in [0.717, 1.165) is 0 Å². The third-order valence-corrected chi connectivity index (χ3v) is 10.4. The van der Waals surface area contributed by atoms with Gasteiger partial charge in [0.05, 0.1) is 16.1 Å². The first-order valence-corrected chi connectivity index (χ1v) is 25.6. The quantitative estimate of drug-likeness (QED) is 0.231. The van der Waals surface area contributed by atoms with E-state index in [4.69, 9.17) is 0 Å². The van der Waals surface area contributed by atoms with Gasteiger partial charge in [0.1, 0.15) is 0 Å². The van der Waals surface area contributed by atoms with Gasteiger partial charge >= 0.3 is 41.9 Å². The van der Waals surface area contributed by atoms with Crippen LogP contribution in [-0.2, 0) is 23.3 Å². The van der Waals surface area contributed by atoms with Gasteiger partial charge in [0.2, 0.25) is 0 Å². The predicted octanol–water partition coefficient (Wildman–Crippen LogP) is 2.23. The van der Waals surface area contributed by atoms with Crippen molar-refractivity contribution >= 4 is 53.5 Å². The zero-order valence-corrected chi connectivity index (χ0v) is 31.3. The molecule has 4 aromatic rings. The summed E-state index contributed by atoms with van der Waals surface area (Å²) in [4.78, 5) is 0. The number of fused-ring (bicyclic) bond motifs is 2. The Balaban J connectivity index is 0.000000566. The van der Waals surface area contributed by atoms with E-state index in [1.807, 2.05) is 0 Å². The van der Waals surface area contributed by atoms with Crippen LogP contribution < -0.4 is 35.2 Å². The van der Waals surface area contributed by atoms with Gasteiger partial charge in [-0.05, 0) is 13.8 Å². The van der Waals surface area contributed by atoms with Crippen LogP contribution in [0.25, 0.3) is 21.5 Å². The molecular weight excluding hydrogens is 607 g/mol. The van der Waals surface area contributed by atoms with Crippen molar-refractivity contribution < 1.29 is 48.1 Å². The summed E-state index contributed by atoms with van der Waals surface area (Å²) in [7, 11) is -2.32. The number of benzene rings is 2. The molecule has 0 saturated heterocycles. The first-order chi connectivity index (χ1) is 15.5. The van der Waals surface area contributed by atoms with Crippen molar-refractivity contribution in [2.75, 3.05) is 0 Å². The van der Waals surface area contributed by atoms with E-state index in [-0.39, 0.29) is 30.2 Å². The minimum absolute atomic E-state index is 0. The summed E-state index contributed by atoms with van der Waals surface area (Å²) in [6.07, 6.45) is 0. The molecule has 6 heteroatoms. The van der Waals surface area contributed by atoms with Crippen LogP contribution in [0.5, 0.6) is 0 Å². The monoisotopic (exact) mass is 648 g/mol. The summed E-state index contributed by atoms with van der Waals surface area (Å²) >= 11 is 1.74. The van der Waals surface area contributed by atoms with E-state index >= 15 is 0 Å². The van der Waals surface area contributed by atoms with E-state index in [1.54, 1.807) is 33.7 Å². The third kappa shape index (κ3) is 9.51. The normalized spacial score (nSPS) is 11.1. The SMILES string of the molecule is C[Si](C)=[Zr+2].Cc1ccc(C)c2[cH-]c([Si](C)(C)C)cc12.Cc1ccc(C)c2[cH-]c([Si](C)(C)C)cc12.[Cl-].[Cl-]. The van der Waals surface area contributed by atoms with Crippen molar-refractivity contribution in [3.05, 3.63) is 70.8 Å². The second kappa shape index (κ2) is 14.2. The maximum Gasteiger partial charge on any atom is 0.0564 e. The van der Waals surface area contributed by atoms with Crippen LogP contribution in [0.3, 0.4) is 0 Å². The van der Waals surface area contributed by atoms with Crippen LogP contribution in [0.1, 0.15) is 22.3 Å². The summed E-state index contributed by atoms with van der Waals surface area (Å²) in [6, 6.07) is 18.5. The fourth-order valence-corrected chi connectivity index (χ4v) is 6.36. The Morgan fingerprint density at radius 3 is 1.06 bits per heavy atom. The van der Waals surface area contributed by atoms with Crippen LogP contribution >= 0.6 is 0 Å². The molecule has 196 valence electrons. The fourth-order valence-electron chi connectivity index (χ4n) is 4.05. The van der Waals surface area contributed by atoms with Gasteiger partial charge in [-0.2, -0.15) is 12.1 Å². The van der Waals surface area contributed by atoms with Crippen molar-refractivity contribution in [1.82, 2.24) is 0 Å². The second-order valence-corrected chi connectivity index (χ2v) is 31.6. The molecule has 0 unspecified atom stereocenters. The number of aryl methyl sites for hydroxylation is 4. The maximum absolute atomic E-state index is 2.41. The second-order valence-electron chi connectivity index (χ2n) is 12.0. The molecule has 0 amide bonds. The van der Waals surface area contributed by atoms with E-state index in [0.29, 0.717) is 0 Å². The van der Waals surface area contributed by atoms with E-state index in [2.05, 4.69) is 129 Å². The molecule has 0 aliphatic carbocycles. The molecule has 0 saturated carbocycles. The first-order valence-electron chi connectivity index (χ1n) is 12.4. The van der Waals surface area contributed by atoms with E-state index < -0.39 is 16.1 Å². The average molecular weight is 651 g/mol. The minimum Gasteiger partial charge on any atom is -1.00 e. The molecule has 0 nitrogen and oxygen atoms in total. The van der Waals surface area contributed by atoms with Gasteiger partial charge in [-0.1, -0.05) is 76.4 Å². The largest absolute Gasteiger partial charge is 1.00 e. The third-order valence-electron chi connectivity index (χ3n) is 6.38. The van der Waals surface area contributed by atoms with Gasteiger partial charge in [0.15, 0.2) is 0 Å². The topological polar surface area (TPSA) is 0 Å². The van der Waals surface area contributed by atoms with E-state index in [9.17, 15) is 0 Å². The number of rotatable bonds is 2. The summed E-state index contributed by atoms with van der Waals surface area (Å²) in [5.41, 5.74) is 5.82. The van der Waals surface area contributed by atoms with Gasteiger partial charge in [-0.3, -0.25) is 0 Å². The Labute approximate surface area is 250 Å². The van der Waals surface area contributed by atoms with Crippen molar-refractivity contribution in [3.8, 4) is 0 Å². The fraction of sp³-hybridized carbons (Fsp3) is 0.400. The number of hydrogen-bond acceptors (Lipinski definition) is 0. The number of hydrogen-bond donors (Lipinski definition) is 0. The molecule has 0 bridgehead atoms. The van der Waals surface area contributed by atoms with Crippen molar-refractivity contribution in [2.45, 2.75) is 80.1 Å². The van der Waals surface area contributed by atoms with Gasteiger partial charge in [0.25, 0.3) is 0 Å². The molecule has 4 rings (SSSR count). The minimum atomic E-state index is -1.16. The molecule has 0 aliphatic heterocycles. The number of halogens is 2. The van der Waals surface area contributed by atoms with Gasteiger partial charge in [-0.15, -0.1) is 67.3 Å². The molecule has 4 aromatic carbocycles. The Hall–Kier alpha value is -0.226. The zero-order valence-electron chi connectivity index (χ0n) is 24.4. The summed E-state index contributed by atoms with van der Waals surface area (Å²) < 4.78 is 0. The Bertz CT molecular complexity index is 1120. The van der Waals surface area contributed by atoms with Crippen LogP contribution in [0.15, 0.2) is 48.5 Å². The molecule has 36 heavy (non-hydrogen) atoms. The van der Waals surface area contributed by atoms with Crippen LogP contribution in [0, 0.1) is 27.7 Å². The first kappa shape index (κ1) is 35.8. The van der Waals surface area contributed by atoms with Crippen LogP contribution in [0.2, 0.25) is 52.4 Å². The van der Waals surface area contributed by atoms with E-state index in [1.165, 1.54) is 43.8 Å².